The van der Waals surface area contributed by atoms with Crippen LogP contribution in [0.5, 0.6) is 0 Å². The molecule has 0 aromatic carbocycles. The van der Waals surface area contributed by atoms with Crippen molar-refractivity contribution in [1.82, 2.24) is 19.6 Å². The first-order valence-corrected chi connectivity index (χ1v) is 3.91. The Morgan fingerprint density at radius 3 is 2.73 bits per heavy atom. The largest absolute Gasteiger partial charge is 0.434 e. The highest BCUT2D eigenvalue weighted by Gasteiger charge is 2.37. The Hall–Kier alpha value is -1.86. The molecule has 8 heteroatoms. The van der Waals surface area contributed by atoms with Crippen LogP contribution in [0.3, 0.4) is 0 Å². The Morgan fingerprint density at radius 2 is 2.13 bits per heavy atom. The van der Waals surface area contributed by atoms with E-state index in [1.54, 1.807) is 0 Å². The van der Waals surface area contributed by atoms with Crippen molar-refractivity contribution in [2.45, 2.75) is 13.1 Å². The van der Waals surface area contributed by atoms with Gasteiger partial charge in [-0.15, -0.1) is 0 Å². The highest BCUT2D eigenvalue weighted by atomic mass is 19.4. The van der Waals surface area contributed by atoms with Gasteiger partial charge in [0.2, 0.25) is 5.78 Å². The number of H-pyrrole nitrogens is 1. The van der Waals surface area contributed by atoms with Gasteiger partial charge >= 0.3 is 6.18 Å². The van der Waals surface area contributed by atoms with Crippen LogP contribution in [0.15, 0.2) is 11.1 Å². The number of fused-ring (bicyclic) bond motifs is 1. The Kier molecular flexibility index (Phi) is 1.82. The van der Waals surface area contributed by atoms with Crippen LogP contribution in [0.2, 0.25) is 0 Å². The summed E-state index contributed by atoms with van der Waals surface area (Å²) in [6.07, 6.45) is -3.69. The summed E-state index contributed by atoms with van der Waals surface area (Å²) in [5.74, 6) is -0.224. The molecule has 2 aromatic rings. The van der Waals surface area contributed by atoms with Crippen LogP contribution in [0.25, 0.3) is 5.78 Å². The van der Waals surface area contributed by atoms with E-state index in [-0.39, 0.29) is 5.78 Å². The Morgan fingerprint density at radius 1 is 1.47 bits per heavy atom. The number of hydrogen-bond donors (Lipinski definition) is 1. The molecule has 80 valence electrons. The van der Waals surface area contributed by atoms with Gasteiger partial charge in [0.1, 0.15) is 6.33 Å². The fraction of sp³-hybridized carbons (Fsp3) is 0.286. The topological polar surface area (TPSA) is 63.1 Å². The number of nitrogens with one attached hydrogen (secondary N) is 1. The summed E-state index contributed by atoms with van der Waals surface area (Å²) in [6, 6.07) is 0. The van der Waals surface area contributed by atoms with Gasteiger partial charge in [0.15, 0.2) is 5.69 Å². The lowest BCUT2D eigenvalue weighted by molar-refractivity contribution is -0.143. The number of rotatable bonds is 0. The van der Waals surface area contributed by atoms with E-state index < -0.39 is 23.0 Å². The zero-order valence-electron chi connectivity index (χ0n) is 7.46. The lowest BCUT2D eigenvalue weighted by Gasteiger charge is -2.09. The molecule has 2 heterocycles. The van der Waals surface area contributed by atoms with Crippen LogP contribution < -0.4 is 5.56 Å². The maximum absolute atomic E-state index is 12.6. The molecule has 0 fully saturated rings. The molecule has 0 spiro atoms. The molecule has 1 N–H and O–H groups in total. The van der Waals surface area contributed by atoms with E-state index in [4.69, 9.17) is 0 Å². The van der Waals surface area contributed by atoms with E-state index in [2.05, 4.69) is 15.1 Å². The van der Waals surface area contributed by atoms with Gasteiger partial charge in [0.25, 0.3) is 5.56 Å². The second-order valence-corrected chi connectivity index (χ2v) is 2.92. The van der Waals surface area contributed by atoms with E-state index in [0.717, 1.165) is 13.3 Å². The van der Waals surface area contributed by atoms with Gasteiger partial charge in [-0.05, 0) is 6.92 Å². The first-order valence-electron chi connectivity index (χ1n) is 3.91. The molecule has 0 atom stereocenters. The highest BCUT2D eigenvalue weighted by Crippen LogP contribution is 2.29. The Labute approximate surface area is 80.6 Å². The van der Waals surface area contributed by atoms with Gasteiger partial charge in [0.05, 0.1) is 0 Å². The van der Waals surface area contributed by atoms with Gasteiger partial charge < -0.3 is 0 Å². The molecule has 0 saturated carbocycles. The number of hydrogen-bond acceptors (Lipinski definition) is 3. The minimum atomic E-state index is -4.63. The minimum absolute atomic E-state index is 0.224. The third kappa shape index (κ3) is 1.37. The zero-order chi connectivity index (χ0) is 11.2. The molecule has 0 radical (unpaired) electrons. The second kappa shape index (κ2) is 2.81. The quantitative estimate of drug-likeness (QED) is 0.709. The SMILES string of the molecule is Cc1c(C(F)(F)F)n2ncnc2[nH]c1=O. The molecule has 0 unspecified atom stereocenters. The van der Waals surface area contributed by atoms with Gasteiger partial charge in [-0.1, -0.05) is 0 Å². The predicted octanol–water partition coefficient (Wildman–Crippen LogP) is 0.745. The van der Waals surface area contributed by atoms with Gasteiger partial charge in [0, 0.05) is 5.56 Å². The first kappa shape index (κ1) is 9.69. The number of alkyl halides is 3. The summed E-state index contributed by atoms with van der Waals surface area (Å²) in [6.45, 7) is 1.09. The van der Waals surface area contributed by atoms with Crippen LogP contribution >= 0.6 is 0 Å². The summed E-state index contributed by atoms with van der Waals surface area (Å²) >= 11 is 0. The maximum Gasteiger partial charge on any atom is 0.434 e. The molecule has 0 aliphatic carbocycles. The fourth-order valence-electron chi connectivity index (χ4n) is 1.28. The summed E-state index contributed by atoms with van der Waals surface area (Å²) < 4.78 is 38.4. The second-order valence-electron chi connectivity index (χ2n) is 2.92. The zero-order valence-corrected chi connectivity index (χ0v) is 7.46. The van der Waals surface area contributed by atoms with Crippen molar-refractivity contribution < 1.29 is 13.2 Å². The fourth-order valence-corrected chi connectivity index (χ4v) is 1.28. The van der Waals surface area contributed by atoms with Crippen LogP contribution in [0.1, 0.15) is 11.3 Å². The molecule has 0 aliphatic rings. The van der Waals surface area contributed by atoms with E-state index in [0.29, 0.717) is 4.52 Å². The first-order chi connectivity index (χ1) is 6.91. The molecule has 0 saturated heterocycles. The maximum atomic E-state index is 12.6. The molecule has 0 aliphatic heterocycles. The van der Waals surface area contributed by atoms with Crippen molar-refractivity contribution in [1.29, 1.82) is 0 Å². The van der Waals surface area contributed by atoms with Crippen molar-refractivity contribution in [3.05, 3.63) is 27.9 Å². The smallest absolute Gasteiger partial charge is 0.291 e. The standard InChI is InChI=1S/C7H5F3N4O/c1-3-4(7(8,9)10)14-6(11-2-12-14)13-5(3)15/h2H,1H3,(H,11,12,13,15). The summed E-state index contributed by atoms with van der Waals surface area (Å²) in [5, 5.41) is 3.40. The molecule has 5 nitrogen and oxygen atoms in total. The van der Waals surface area contributed by atoms with E-state index in [1.165, 1.54) is 0 Å². The lowest BCUT2D eigenvalue weighted by atomic mass is 10.2. The van der Waals surface area contributed by atoms with Crippen molar-refractivity contribution in [2.75, 3.05) is 0 Å². The van der Waals surface area contributed by atoms with Crippen molar-refractivity contribution in [2.24, 2.45) is 0 Å². The average Bonchev–Trinajstić information content (AvgIpc) is 2.50. The minimum Gasteiger partial charge on any atom is -0.291 e. The molecule has 2 aromatic heterocycles. The van der Waals surface area contributed by atoms with Crippen LogP contribution in [0.4, 0.5) is 13.2 Å². The van der Waals surface area contributed by atoms with E-state index in [1.807, 2.05) is 0 Å². The summed E-state index contributed by atoms with van der Waals surface area (Å²) in [5.41, 5.74) is -2.35. The van der Waals surface area contributed by atoms with Crippen molar-refractivity contribution in [3.8, 4) is 0 Å². The molecule has 2 rings (SSSR count). The van der Waals surface area contributed by atoms with Gasteiger partial charge in [-0.3, -0.25) is 9.78 Å². The van der Waals surface area contributed by atoms with E-state index in [9.17, 15) is 18.0 Å². The van der Waals surface area contributed by atoms with Gasteiger partial charge in [-0.2, -0.15) is 27.8 Å². The Balaban J connectivity index is 2.96. The average molecular weight is 218 g/mol. The Bertz CT molecular complexity index is 568. The molecular weight excluding hydrogens is 213 g/mol. The number of aromatic nitrogens is 4. The molecule has 0 amide bonds. The number of nitrogens with zero attached hydrogens (tertiary/aromatic N) is 3. The molecule has 0 bridgehead atoms. The van der Waals surface area contributed by atoms with Crippen LogP contribution in [-0.2, 0) is 6.18 Å². The van der Waals surface area contributed by atoms with Crippen molar-refractivity contribution >= 4 is 5.78 Å². The number of aromatic amines is 1. The van der Waals surface area contributed by atoms with Crippen molar-refractivity contribution in [3.63, 3.8) is 0 Å². The highest BCUT2D eigenvalue weighted by molar-refractivity contribution is 5.32. The predicted molar refractivity (Wildman–Crippen MR) is 43.3 cm³/mol. The van der Waals surface area contributed by atoms with Gasteiger partial charge in [-0.25, -0.2) is 0 Å². The molecule has 15 heavy (non-hydrogen) atoms. The molecular formula is C7H5F3N4O. The van der Waals surface area contributed by atoms with Crippen LogP contribution in [-0.4, -0.2) is 19.6 Å². The third-order valence-electron chi connectivity index (χ3n) is 1.95. The normalized spacial score (nSPS) is 12.3. The third-order valence-corrected chi connectivity index (χ3v) is 1.95. The summed E-state index contributed by atoms with van der Waals surface area (Å²) in [4.78, 5) is 16.8. The lowest BCUT2D eigenvalue weighted by Crippen LogP contribution is -2.23. The van der Waals surface area contributed by atoms with Crippen LogP contribution in [0, 0.1) is 6.92 Å². The monoisotopic (exact) mass is 218 g/mol. The summed E-state index contributed by atoms with van der Waals surface area (Å²) in [7, 11) is 0. The van der Waals surface area contributed by atoms with E-state index >= 15 is 0 Å². The number of halogens is 3.